The summed E-state index contributed by atoms with van der Waals surface area (Å²) in [6, 6.07) is 4.37. The maximum Gasteiger partial charge on any atom is 0.0386 e. The molecule has 1 aliphatic heterocycles. The van der Waals surface area contributed by atoms with Crippen molar-refractivity contribution in [3.8, 4) is 0 Å². The molecular weight excluding hydrogens is 200 g/mol. The Bertz CT molecular complexity index is 313. The molecule has 1 fully saturated rings. The predicted molar refractivity (Wildman–Crippen MR) is 66.3 cm³/mol. The third-order valence-electron chi connectivity index (χ3n) is 3.16. The Morgan fingerprint density at radius 2 is 1.88 bits per heavy atom. The van der Waals surface area contributed by atoms with Crippen molar-refractivity contribution < 1.29 is 0 Å². The molecule has 0 amide bonds. The van der Waals surface area contributed by atoms with Crippen LogP contribution in [-0.2, 0) is 13.1 Å². The largest absolute Gasteiger partial charge is 0.360 e. The van der Waals surface area contributed by atoms with Gasteiger partial charge in [-0.2, -0.15) is 0 Å². The summed E-state index contributed by atoms with van der Waals surface area (Å²) >= 11 is 0. The SMILES string of the molecule is CNCc1ccc(CN2CCN(C)CC2)[nH]1. The summed E-state index contributed by atoms with van der Waals surface area (Å²) in [6.45, 7) is 6.70. The van der Waals surface area contributed by atoms with E-state index < -0.39 is 0 Å². The predicted octanol–water partition coefficient (Wildman–Crippen LogP) is 0.482. The average Bonchev–Trinajstić information content (AvgIpc) is 2.70. The number of hydrogen-bond donors (Lipinski definition) is 2. The Morgan fingerprint density at radius 3 is 2.56 bits per heavy atom. The normalized spacial score (nSPS) is 19.1. The van der Waals surface area contributed by atoms with E-state index in [1.807, 2.05) is 7.05 Å². The van der Waals surface area contributed by atoms with Gasteiger partial charge in [0.2, 0.25) is 0 Å². The van der Waals surface area contributed by atoms with E-state index in [4.69, 9.17) is 0 Å². The van der Waals surface area contributed by atoms with Gasteiger partial charge in [-0.05, 0) is 26.2 Å². The van der Waals surface area contributed by atoms with E-state index in [9.17, 15) is 0 Å². The van der Waals surface area contributed by atoms with Crippen molar-refractivity contribution in [1.29, 1.82) is 0 Å². The fourth-order valence-electron chi connectivity index (χ4n) is 2.12. The van der Waals surface area contributed by atoms with Crippen LogP contribution in [0.25, 0.3) is 0 Å². The second kappa shape index (κ2) is 5.48. The molecule has 4 heteroatoms. The van der Waals surface area contributed by atoms with Crippen LogP contribution in [0.2, 0.25) is 0 Å². The summed E-state index contributed by atoms with van der Waals surface area (Å²) in [5, 5.41) is 3.16. The number of nitrogens with one attached hydrogen (secondary N) is 2. The van der Waals surface area contributed by atoms with Crippen molar-refractivity contribution in [3.05, 3.63) is 23.5 Å². The van der Waals surface area contributed by atoms with Crippen LogP contribution >= 0.6 is 0 Å². The summed E-state index contributed by atoms with van der Waals surface area (Å²) in [5.74, 6) is 0. The number of aromatic nitrogens is 1. The molecule has 2 heterocycles. The fourth-order valence-corrected chi connectivity index (χ4v) is 2.12. The molecule has 16 heavy (non-hydrogen) atoms. The van der Waals surface area contributed by atoms with Crippen LogP contribution in [0.15, 0.2) is 12.1 Å². The first-order chi connectivity index (χ1) is 7.78. The molecule has 4 nitrogen and oxygen atoms in total. The summed E-state index contributed by atoms with van der Waals surface area (Å²) < 4.78 is 0. The number of piperazine rings is 1. The van der Waals surface area contributed by atoms with E-state index in [1.165, 1.54) is 37.6 Å². The van der Waals surface area contributed by atoms with Crippen LogP contribution in [0.3, 0.4) is 0 Å². The van der Waals surface area contributed by atoms with Gasteiger partial charge in [0.05, 0.1) is 0 Å². The number of nitrogens with zero attached hydrogens (tertiary/aromatic N) is 2. The standard InChI is InChI=1S/C12H22N4/c1-13-9-11-3-4-12(14-11)10-16-7-5-15(2)6-8-16/h3-4,13-14H,5-10H2,1-2H3. The van der Waals surface area contributed by atoms with Gasteiger partial charge in [-0.3, -0.25) is 4.90 Å². The summed E-state index contributed by atoms with van der Waals surface area (Å²) in [6.07, 6.45) is 0. The highest BCUT2D eigenvalue weighted by molar-refractivity contribution is 5.13. The first kappa shape index (κ1) is 11.6. The summed E-state index contributed by atoms with van der Waals surface area (Å²) in [4.78, 5) is 8.35. The van der Waals surface area contributed by atoms with Gasteiger partial charge in [0.25, 0.3) is 0 Å². The molecule has 0 bridgehead atoms. The molecular formula is C12H22N4. The van der Waals surface area contributed by atoms with Gasteiger partial charge in [-0.1, -0.05) is 0 Å². The van der Waals surface area contributed by atoms with Crippen molar-refractivity contribution in [3.63, 3.8) is 0 Å². The average molecular weight is 222 g/mol. The van der Waals surface area contributed by atoms with Gasteiger partial charge in [-0.15, -0.1) is 0 Å². The molecule has 0 aromatic carbocycles. The second-order valence-corrected chi connectivity index (χ2v) is 4.62. The quantitative estimate of drug-likeness (QED) is 0.778. The van der Waals surface area contributed by atoms with Crippen LogP contribution in [0.1, 0.15) is 11.4 Å². The first-order valence-electron chi connectivity index (χ1n) is 6.00. The number of rotatable bonds is 4. The maximum atomic E-state index is 3.45. The highest BCUT2D eigenvalue weighted by Gasteiger charge is 2.14. The molecule has 0 saturated carbocycles. The number of likely N-dealkylation sites (N-methyl/N-ethyl adjacent to an activating group) is 1. The third kappa shape index (κ3) is 3.07. The van der Waals surface area contributed by atoms with Gasteiger partial charge < -0.3 is 15.2 Å². The lowest BCUT2D eigenvalue weighted by molar-refractivity contribution is 0.147. The van der Waals surface area contributed by atoms with E-state index in [0.717, 1.165) is 13.1 Å². The van der Waals surface area contributed by atoms with Crippen LogP contribution in [-0.4, -0.2) is 55.1 Å². The van der Waals surface area contributed by atoms with E-state index >= 15 is 0 Å². The number of hydrogen-bond acceptors (Lipinski definition) is 3. The lowest BCUT2D eigenvalue weighted by atomic mass is 10.3. The Kier molecular flexibility index (Phi) is 3.98. The highest BCUT2D eigenvalue weighted by atomic mass is 15.2. The number of aromatic amines is 1. The Hall–Kier alpha value is -0.840. The molecule has 0 unspecified atom stereocenters. The van der Waals surface area contributed by atoms with Gasteiger partial charge in [0.1, 0.15) is 0 Å². The molecule has 1 saturated heterocycles. The minimum atomic E-state index is 0.919. The zero-order valence-corrected chi connectivity index (χ0v) is 10.3. The van der Waals surface area contributed by atoms with Gasteiger partial charge in [-0.25, -0.2) is 0 Å². The van der Waals surface area contributed by atoms with Crippen LogP contribution in [0, 0.1) is 0 Å². The molecule has 2 rings (SSSR count). The zero-order valence-electron chi connectivity index (χ0n) is 10.3. The smallest absolute Gasteiger partial charge is 0.0386 e. The van der Waals surface area contributed by atoms with Crippen molar-refractivity contribution in [2.24, 2.45) is 0 Å². The maximum absolute atomic E-state index is 3.45. The minimum Gasteiger partial charge on any atom is -0.360 e. The van der Waals surface area contributed by atoms with Crippen molar-refractivity contribution in [1.82, 2.24) is 20.1 Å². The monoisotopic (exact) mass is 222 g/mol. The van der Waals surface area contributed by atoms with Gasteiger partial charge in [0, 0.05) is 50.7 Å². The van der Waals surface area contributed by atoms with Crippen LogP contribution in [0.5, 0.6) is 0 Å². The molecule has 90 valence electrons. The summed E-state index contributed by atoms with van der Waals surface area (Å²) in [7, 11) is 4.16. The molecule has 0 atom stereocenters. The Morgan fingerprint density at radius 1 is 1.19 bits per heavy atom. The second-order valence-electron chi connectivity index (χ2n) is 4.62. The highest BCUT2D eigenvalue weighted by Crippen LogP contribution is 2.08. The van der Waals surface area contributed by atoms with E-state index in [-0.39, 0.29) is 0 Å². The molecule has 0 radical (unpaired) electrons. The minimum absolute atomic E-state index is 0.919. The Labute approximate surface area is 97.6 Å². The molecule has 0 aliphatic carbocycles. The lowest BCUT2D eigenvalue weighted by Gasteiger charge is -2.31. The number of H-pyrrole nitrogens is 1. The first-order valence-corrected chi connectivity index (χ1v) is 6.00. The van der Waals surface area contributed by atoms with E-state index in [1.54, 1.807) is 0 Å². The van der Waals surface area contributed by atoms with Gasteiger partial charge >= 0.3 is 0 Å². The van der Waals surface area contributed by atoms with Crippen LogP contribution in [0.4, 0.5) is 0 Å². The van der Waals surface area contributed by atoms with Gasteiger partial charge in [0.15, 0.2) is 0 Å². The lowest BCUT2D eigenvalue weighted by Crippen LogP contribution is -2.43. The van der Waals surface area contributed by atoms with Crippen molar-refractivity contribution in [2.45, 2.75) is 13.1 Å². The van der Waals surface area contributed by atoms with E-state index in [2.05, 4.69) is 39.3 Å². The molecule has 1 aromatic rings. The summed E-state index contributed by atoms with van der Waals surface area (Å²) in [5.41, 5.74) is 2.60. The molecule has 1 aromatic heterocycles. The van der Waals surface area contributed by atoms with Crippen molar-refractivity contribution >= 4 is 0 Å². The fraction of sp³-hybridized carbons (Fsp3) is 0.667. The molecule has 1 aliphatic rings. The molecule has 0 spiro atoms. The molecule has 2 N–H and O–H groups in total. The topological polar surface area (TPSA) is 34.3 Å². The van der Waals surface area contributed by atoms with E-state index in [0.29, 0.717) is 0 Å². The Balaban J connectivity index is 1.83. The van der Waals surface area contributed by atoms with Crippen LogP contribution < -0.4 is 5.32 Å². The zero-order chi connectivity index (χ0) is 11.4. The third-order valence-corrected chi connectivity index (χ3v) is 3.16. The van der Waals surface area contributed by atoms with Crippen molar-refractivity contribution in [2.75, 3.05) is 40.3 Å².